The lowest BCUT2D eigenvalue weighted by Crippen LogP contribution is -2.30. The Morgan fingerprint density at radius 1 is 1.11 bits per heavy atom. The highest BCUT2D eigenvalue weighted by Gasteiger charge is 2.20. The van der Waals surface area contributed by atoms with E-state index in [2.05, 4.69) is 10.0 Å². The fourth-order valence-electron chi connectivity index (χ4n) is 2.47. The van der Waals surface area contributed by atoms with Gasteiger partial charge in [0.15, 0.2) is 0 Å². The van der Waals surface area contributed by atoms with Crippen molar-refractivity contribution in [2.45, 2.75) is 12.5 Å². The third kappa shape index (κ3) is 6.42. The summed E-state index contributed by atoms with van der Waals surface area (Å²) in [5, 5.41) is 3.25. The molecule has 1 atom stereocenters. The summed E-state index contributed by atoms with van der Waals surface area (Å²) in [6.45, 7) is 0. The van der Waals surface area contributed by atoms with Crippen molar-refractivity contribution in [3.05, 3.63) is 53.1 Å². The first-order valence-electron chi connectivity index (χ1n) is 7.96. The van der Waals surface area contributed by atoms with E-state index in [0.29, 0.717) is 27.8 Å². The molecule has 2 aromatic rings. The van der Waals surface area contributed by atoms with E-state index in [4.69, 9.17) is 21.1 Å². The molecule has 27 heavy (non-hydrogen) atoms. The summed E-state index contributed by atoms with van der Waals surface area (Å²) in [6.07, 6.45) is 0.935. The van der Waals surface area contributed by atoms with Crippen molar-refractivity contribution in [3.63, 3.8) is 0 Å². The topological polar surface area (TPSA) is 93.7 Å². The van der Waals surface area contributed by atoms with E-state index in [-0.39, 0.29) is 12.3 Å². The molecule has 2 rings (SSSR count). The molecule has 0 fully saturated rings. The molecule has 0 spiro atoms. The number of carbonyl (C=O) groups is 1. The van der Waals surface area contributed by atoms with E-state index in [1.807, 2.05) is 0 Å². The second-order valence-corrected chi connectivity index (χ2v) is 8.03. The van der Waals surface area contributed by atoms with Gasteiger partial charge in [-0.15, -0.1) is 0 Å². The highest BCUT2D eigenvalue weighted by atomic mass is 35.5. The van der Waals surface area contributed by atoms with Crippen molar-refractivity contribution >= 4 is 33.2 Å². The minimum absolute atomic E-state index is 0.107. The average molecular weight is 413 g/mol. The van der Waals surface area contributed by atoms with Crippen molar-refractivity contribution in [2.75, 3.05) is 25.8 Å². The summed E-state index contributed by atoms with van der Waals surface area (Å²) >= 11 is 5.88. The lowest BCUT2D eigenvalue weighted by atomic mass is 10.0. The predicted octanol–water partition coefficient (Wildman–Crippen LogP) is 2.98. The zero-order valence-electron chi connectivity index (χ0n) is 15.2. The molecule has 2 N–H and O–H groups in total. The number of sulfonamides is 1. The molecule has 1 amide bonds. The minimum Gasteiger partial charge on any atom is -0.497 e. The van der Waals surface area contributed by atoms with E-state index < -0.39 is 16.1 Å². The van der Waals surface area contributed by atoms with E-state index in [1.165, 1.54) is 14.2 Å². The molecule has 0 aliphatic carbocycles. The van der Waals surface area contributed by atoms with Gasteiger partial charge < -0.3 is 14.8 Å². The molecule has 0 heterocycles. The molecule has 0 aliphatic rings. The number of nitrogens with one attached hydrogen (secondary N) is 2. The fourth-order valence-corrected chi connectivity index (χ4v) is 3.33. The Balaban J connectivity index is 2.19. The highest BCUT2D eigenvalue weighted by molar-refractivity contribution is 7.88. The first kappa shape index (κ1) is 21.0. The monoisotopic (exact) mass is 412 g/mol. The molecule has 0 aliphatic heterocycles. The Kier molecular flexibility index (Phi) is 7.06. The SMILES string of the molecule is COc1ccc(NC(=O)C[C@H](NS(C)(=O)=O)c2ccc(Cl)cc2)c(OC)c1. The zero-order chi connectivity index (χ0) is 20.0. The van der Waals surface area contributed by atoms with Crippen LogP contribution in [0.25, 0.3) is 0 Å². The Hall–Kier alpha value is -2.29. The van der Waals surface area contributed by atoms with Crippen LogP contribution in [0.15, 0.2) is 42.5 Å². The quantitative estimate of drug-likeness (QED) is 0.695. The maximum Gasteiger partial charge on any atom is 0.226 e. The van der Waals surface area contributed by atoms with Crippen LogP contribution < -0.4 is 19.5 Å². The first-order valence-corrected chi connectivity index (χ1v) is 10.2. The number of amides is 1. The molecular formula is C18H21ClN2O5S. The molecular weight excluding hydrogens is 392 g/mol. The number of hydrogen-bond acceptors (Lipinski definition) is 5. The lowest BCUT2D eigenvalue weighted by Gasteiger charge is -2.18. The maximum atomic E-state index is 12.5. The Labute approximate surface area is 163 Å². The summed E-state index contributed by atoms with van der Waals surface area (Å²) in [7, 11) is -0.519. The van der Waals surface area contributed by atoms with Crippen LogP contribution in [0, 0.1) is 0 Å². The number of hydrogen-bond donors (Lipinski definition) is 2. The van der Waals surface area contributed by atoms with Gasteiger partial charge in [-0.2, -0.15) is 0 Å². The van der Waals surface area contributed by atoms with E-state index in [9.17, 15) is 13.2 Å². The Morgan fingerprint density at radius 3 is 2.33 bits per heavy atom. The van der Waals surface area contributed by atoms with Gasteiger partial charge in [-0.05, 0) is 29.8 Å². The van der Waals surface area contributed by atoms with Gasteiger partial charge in [0.1, 0.15) is 11.5 Å². The number of carbonyl (C=O) groups excluding carboxylic acids is 1. The number of benzene rings is 2. The fraction of sp³-hybridized carbons (Fsp3) is 0.278. The number of ether oxygens (including phenoxy) is 2. The standard InChI is InChI=1S/C18H21ClN2O5S/c1-25-14-8-9-15(17(10-14)26-2)20-18(22)11-16(21-27(3,23)24)12-4-6-13(19)7-5-12/h4-10,16,21H,11H2,1-3H3,(H,20,22)/t16-/m0/s1. The zero-order valence-corrected chi connectivity index (χ0v) is 16.7. The van der Waals surface area contributed by atoms with Crippen LogP contribution in [-0.4, -0.2) is 34.8 Å². The van der Waals surface area contributed by atoms with Crippen molar-refractivity contribution in [1.82, 2.24) is 4.72 Å². The third-order valence-electron chi connectivity index (χ3n) is 3.70. The lowest BCUT2D eigenvalue weighted by molar-refractivity contribution is -0.116. The largest absolute Gasteiger partial charge is 0.497 e. The molecule has 0 bridgehead atoms. The van der Waals surface area contributed by atoms with Crippen LogP contribution in [0.3, 0.4) is 0 Å². The van der Waals surface area contributed by atoms with Gasteiger partial charge in [-0.3, -0.25) is 4.79 Å². The molecule has 9 heteroatoms. The number of anilines is 1. The maximum absolute atomic E-state index is 12.5. The molecule has 0 unspecified atom stereocenters. The van der Waals surface area contributed by atoms with Crippen LogP contribution >= 0.6 is 11.6 Å². The summed E-state index contributed by atoms with van der Waals surface area (Å²) in [5.74, 6) is 0.638. The summed E-state index contributed by atoms with van der Waals surface area (Å²) in [6, 6.07) is 10.9. The van der Waals surface area contributed by atoms with Crippen LogP contribution in [0.5, 0.6) is 11.5 Å². The van der Waals surface area contributed by atoms with Crippen LogP contribution in [-0.2, 0) is 14.8 Å². The molecule has 0 radical (unpaired) electrons. The average Bonchev–Trinajstić information content (AvgIpc) is 2.61. The van der Waals surface area contributed by atoms with Crippen molar-refractivity contribution < 1.29 is 22.7 Å². The van der Waals surface area contributed by atoms with Crippen LogP contribution in [0.1, 0.15) is 18.0 Å². The van der Waals surface area contributed by atoms with Gasteiger partial charge in [0.2, 0.25) is 15.9 Å². The summed E-state index contributed by atoms with van der Waals surface area (Å²) in [5.41, 5.74) is 1.08. The molecule has 2 aromatic carbocycles. The normalized spacial score (nSPS) is 12.3. The predicted molar refractivity (Wildman–Crippen MR) is 105 cm³/mol. The molecule has 0 saturated carbocycles. The number of methoxy groups -OCH3 is 2. The summed E-state index contributed by atoms with van der Waals surface area (Å²) in [4.78, 5) is 12.5. The first-order chi connectivity index (χ1) is 12.7. The van der Waals surface area contributed by atoms with E-state index >= 15 is 0 Å². The van der Waals surface area contributed by atoms with E-state index in [1.54, 1.807) is 42.5 Å². The van der Waals surface area contributed by atoms with Crippen molar-refractivity contribution in [2.24, 2.45) is 0 Å². The van der Waals surface area contributed by atoms with Gasteiger partial charge in [0.05, 0.1) is 32.2 Å². The molecule has 7 nitrogen and oxygen atoms in total. The van der Waals surface area contributed by atoms with Crippen LogP contribution in [0.4, 0.5) is 5.69 Å². The van der Waals surface area contributed by atoms with Gasteiger partial charge in [-0.25, -0.2) is 13.1 Å². The van der Waals surface area contributed by atoms with Gasteiger partial charge in [0.25, 0.3) is 0 Å². The highest BCUT2D eigenvalue weighted by Crippen LogP contribution is 2.29. The van der Waals surface area contributed by atoms with E-state index in [0.717, 1.165) is 6.26 Å². The van der Waals surface area contributed by atoms with Crippen LogP contribution in [0.2, 0.25) is 5.02 Å². The minimum atomic E-state index is -3.53. The molecule has 146 valence electrons. The van der Waals surface area contributed by atoms with Crippen molar-refractivity contribution in [1.29, 1.82) is 0 Å². The smallest absolute Gasteiger partial charge is 0.226 e. The van der Waals surface area contributed by atoms with Crippen molar-refractivity contribution in [3.8, 4) is 11.5 Å². The van der Waals surface area contributed by atoms with Gasteiger partial charge in [0, 0.05) is 17.5 Å². The second kappa shape index (κ2) is 9.07. The molecule has 0 aromatic heterocycles. The van der Waals surface area contributed by atoms with Gasteiger partial charge >= 0.3 is 0 Å². The Morgan fingerprint density at radius 2 is 1.78 bits per heavy atom. The van der Waals surface area contributed by atoms with Gasteiger partial charge in [-0.1, -0.05) is 23.7 Å². The number of rotatable bonds is 8. The Bertz CT molecular complexity index is 900. The number of halogens is 1. The second-order valence-electron chi connectivity index (χ2n) is 5.81. The summed E-state index contributed by atoms with van der Waals surface area (Å²) < 4.78 is 36.2. The molecule has 0 saturated heterocycles. The third-order valence-corrected chi connectivity index (χ3v) is 4.67.